The van der Waals surface area contributed by atoms with Crippen LogP contribution in [0.4, 0.5) is 13.2 Å². The molecule has 3 atom stereocenters. The summed E-state index contributed by atoms with van der Waals surface area (Å²) >= 11 is 0. The molecule has 3 rings (SSSR count). The number of aliphatic hydroxyl groups excluding tert-OH is 1. The molecule has 198 valence electrons. The highest BCUT2D eigenvalue weighted by atomic mass is 32.2. The first-order chi connectivity index (χ1) is 16.6. The molecule has 1 aliphatic heterocycles. The lowest BCUT2D eigenvalue weighted by atomic mass is 9.81. The van der Waals surface area contributed by atoms with E-state index < -0.39 is 52.9 Å². The number of nitrogens with zero attached hydrogens (tertiary/aromatic N) is 1. The Balaban J connectivity index is 2.05. The average Bonchev–Trinajstić information content (AvgIpc) is 3.10. The molecule has 1 amide bonds. The third-order valence-corrected chi connectivity index (χ3v) is 11.5. The van der Waals surface area contributed by atoms with Crippen molar-refractivity contribution < 1.29 is 31.5 Å². The van der Waals surface area contributed by atoms with E-state index in [-0.39, 0.29) is 30.6 Å². The van der Waals surface area contributed by atoms with Crippen molar-refractivity contribution in [2.75, 3.05) is 0 Å². The number of alkyl halides is 2. The number of halogens is 3. The topological polar surface area (TPSA) is 74.7 Å². The Labute approximate surface area is 212 Å². The van der Waals surface area contributed by atoms with Gasteiger partial charge in [-0.25, -0.2) is 25.9 Å². The summed E-state index contributed by atoms with van der Waals surface area (Å²) in [6.45, 7) is 7.68. The van der Waals surface area contributed by atoms with Gasteiger partial charge in [0.05, 0.1) is 11.0 Å². The summed E-state index contributed by atoms with van der Waals surface area (Å²) in [5.74, 6) is -1.63. The van der Waals surface area contributed by atoms with Gasteiger partial charge in [0.25, 0.3) is 10.0 Å². The van der Waals surface area contributed by atoms with E-state index in [1.807, 2.05) is 0 Å². The number of carbonyl (C=O) groups is 1. The van der Waals surface area contributed by atoms with Gasteiger partial charge in [-0.2, -0.15) is 0 Å². The molecule has 1 fully saturated rings. The number of hydrogen-bond donors (Lipinski definition) is 1. The summed E-state index contributed by atoms with van der Waals surface area (Å²) < 4.78 is 73.5. The van der Waals surface area contributed by atoms with Crippen LogP contribution in [0, 0.1) is 18.2 Å². The largest absolute Gasteiger partial charge is 0.388 e. The lowest BCUT2D eigenvalue weighted by Crippen LogP contribution is -2.60. The molecule has 0 radical (unpaired) electrons. The minimum Gasteiger partial charge on any atom is -0.388 e. The zero-order chi connectivity index (χ0) is 27.1. The molecule has 0 aromatic heterocycles. The molecule has 0 spiro atoms. The second-order valence-corrected chi connectivity index (χ2v) is 17.6. The van der Waals surface area contributed by atoms with Gasteiger partial charge < -0.3 is 5.11 Å². The Morgan fingerprint density at radius 2 is 1.78 bits per heavy atom. The van der Waals surface area contributed by atoms with Crippen LogP contribution in [-0.2, 0) is 14.8 Å². The first-order valence-electron chi connectivity index (χ1n) is 12.1. The first-order valence-corrected chi connectivity index (χ1v) is 17.0. The molecule has 1 aliphatic rings. The molecule has 2 unspecified atom stereocenters. The maximum absolute atomic E-state index is 16.0. The van der Waals surface area contributed by atoms with Crippen LogP contribution in [0.5, 0.6) is 0 Å². The van der Waals surface area contributed by atoms with E-state index in [9.17, 15) is 22.7 Å². The summed E-state index contributed by atoms with van der Waals surface area (Å²) in [4.78, 5) is 13.6. The van der Waals surface area contributed by atoms with Crippen LogP contribution >= 0.6 is 0 Å². The average molecular weight is 542 g/mol. The number of aryl methyl sites for hydroxylation is 1. The second kappa shape index (κ2) is 9.94. The van der Waals surface area contributed by atoms with Crippen LogP contribution in [0.3, 0.4) is 0 Å². The number of aliphatic hydroxyl groups is 1. The van der Waals surface area contributed by atoms with Gasteiger partial charge in [-0.1, -0.05) is 56.4 Å². The normalized spacial score (nSPS) is 22.2. The highest BCUT2D eigenvalue weighted by Gasteiger charge is 2.70. The zero-order valence-corrected chi connectivity index (χ0v) is 23.1. The zero-order valence-electron chi connectivity index (χ0n) is 21.3. The molecule has 36 heavy (non-hydrogen) atoms. The molecule has 1 N–H and O–H groups in total. The summed E-state index contributed by atoms with van der Waals surface area (Å²) in [5.41, 5.74) is -4.43. The van der Waals surface area contributed by atoms with E-state index in [4.69, 9.17) is 0 Å². The third kappa shape index (κ3) is 4.87. The summed E-state index contributed by atoms with van der Waals surface area (Å²) in [6.07, 6.45) is -1.78. The Morgan fingerprint density at radius 3 is 2.31 bits per heavy atom. The van der Waals surface area contributed by atoms with Crippen molar-refractivity contribution in [3.05, 3.63) is 65.5 Å². The predicted molar refractivity (Wildman–Crippen MR) is 135 cm³/mol. The van der Waals surface area contributed by atoms with Crippen LogP contribution in [0.25, 0.3) is 0 Å². The van der Waals surface area contributed by atoms with Crippen LogP contribution in [0.2, 0.25) is 19.6 Å². The minimum absolute atomic E-state index is 0.0281. The Bertz CT molecular complexity index is 1210. The molecule has 5 nitrogen and oxygen atoms in total. The van der Waals surface area contributed by atoms with E-state index >= 15 is 8.78 Å². The van der Waals surface area contributed by atoms with E-state index in [0.29, 0.717) is 9.87 Å². The summed E-state index contributed by atoms with van der Waals surface area (Å²) in [7, 11) is -7.70. The fourth-order valence-electron chi connectivity index (χ4n) is 5.03. The molecule has 0 aliphatic carbocycles. The van der Waals surface area contributed by atoms with Gasteiger partial charge in [0.2, 0.25) is 11.5 Å². The van der Waals surface area contributed by atoms with Gasteiger partial charge in [-0.05, 0) is 62.4 Å². The van der Waals surface area contributed by atoms with Gasteiger partial charge in [0.15, 0.2) is 0 Å². The molecule has 2 aromatic rings. The Morgan fingerprint density at radius 1 is 1.17 bits per heavy atom. The van der Waals surface area contributed by atoms with Crippen molar-refractivity contribution in [2.45, 2.75) is 81.8 Å². The van der Waals surface area contributed by atoms with Gasteiger partial charge >= 0.3 is 0 Å². The van der Waals surface area contributed by atoms with Crippen molar-refractivity contribution in [1.29, 1.82) is 0 Å². The molecular formula is C26H34F3NO4SSi. The standard InChI is InChI=1S/C26H34F3NO4SSi/c1-6-25(26(28,29)36(3,4)5)17-21(12-15-23(31)19-8-7-9-20(27)16-19)30(24(25)32)35(33,34)22-13-10-18(2)11-14-22/h7-11,13-14,16,21,23,31H,6,12,15,17H2,1-5H3/t21-,23?,25?/m0/s1. The number of hydrogen-bond acceptors (Lipinski definition) is 4. The van der Waals surface area contributed by atoms with Crippen molar-refractivity contribution in [1.82, 2.24) is 4.31 Å². The Kier molecular flexibility index (Phi) is 7.84. The van der Waals surface area contributed by atoms with Gasteiger partial charge in [0, 0.05) is 6.04 Å². The lowest BCUT2D eigenvalue weighted by molar-refractivity contribution is -0.146. The maximum Gasteiger partial charge on any atom is 0.266 e. The van der Waals surface area contributed by atoms with Crippen LogP contribution in [-0.4, -0.2) is 43.4 Å². The fraction of sp³-hybridized carbons (Fsp3) is 0.500. The van der Waals surface area contributed by atoms with Crippen molar-refractivity contribution >= 4 is 24.0 Å². The fourth-order valence-corrected chi connectivity index (χ4v) is 8.52. The molecule has 0 saturated carbocycles. The molecule has 2 aromatic carbocycles. The summed E-state index contributed by atoms with van der Waals surface area (Å²) in [6, 6.07) is 10.2. The SMILES string of the molecule is CCC1(C(F)(F)[Si](C)(C)C)C[C@H](CCC(O)c2cccc(F)c2)N(S(=O)(=O)c2ccc(C)cc2)C1=O. The molecule has 0 bridgehead atoms. The van der Waals surface area contributed by atoms with Crippen LogP contribution in [0.1, 0.15) is 49.8 Å². The quantitative estimate of drug-likeness (QED) is 0.405. The minimum atomic E-state index is -4.44. The first kappa shape index (κ1) is 28.4. The van der Waals surface area contributed by atoms with Crippen LogP contribution < -0.4 is 0 Å². The highest BCUT2D eigenvalue weighted by molar-refractivity contribution is 7.89. The number of benzene rings is 2. The molecule has 1 heterocycles. The lowest BCUT2D eigenvalue weighted by Gasteiger charge is -2.41. The molecule has 1 saturated heterocycles. The number of rotatable bonds is 9. The van der Waals surface area contributed by atoms with E-state index in [1.54, 1.807) is 19.1 Å². The third-order valence-electron chi connectivity index (χ3n) is 7.26. The van der Waals surface area contributed by atoms with E-state index in [0.717, 1.165) is 5.56 Å². The maximum atomic E-state index is 16.0. The van der Waals surface area contributed by atoms with Crippen molar-refractivity contribution in [3.8, 4) is 0 Å². The van der Waals surface area contributed by atoms with Gasteiger partial charge in [-0.3, -0.25) is 4.79 Å². The van der Waals surface area contributed by atoms with Crippen molar-refractivity contribution in [3.63, 3.8) is 0 Å². The summed E-state index contributed by atoms with van der Waals surface area (Å²) in [5, 5.41) is 10.6. The second-order valence-electron chi connectivity index (χ2n) is 10.7. The Hall–Kier alpha value is -2.17. The highest BCUT2D eigenvalue weighted by Crippen LogP contribution is 2.55. The smallest absolute Gasteiger partial charge is 0.266 e. The van der Waals surface area contributed by atoms with Gasteiger partial charge in [0.1, 0.15) is 19.3 Å². The number of sulfonamides is 1. The molecule has 10 heteroatoms. The van der Waals surface area contributed by atoms with Crippen molar-refractivity contribution in [2.24, 2.45) is 5.41 Å². The number of amides is 1. The van der Waals surface area contributed by atoms with Gasteiger partial charge in [-0.15, -0.1) is 0 Å². The van der Waals surface area contributed by atoms with Crippen LogP contribution in [0.15, 0.2) is 53.4 Å². The number of carbonyl (C=O) groups excluding carboxylic acids is 1. The monoisotopic (exact) mass is 541 g/mol. The molecular weight excluding hydrogens is 507 g/mol. The van der Waals surface area contributed by atoms with E-state index in [2.05, 4.69) is 0 Å². The predicted octanol–water partition coefficient (Wildman–Crippen LogP) is 5.85. The van der Waals surface area contributed by atoms with E-state index in [1.165, 1.54) is 63.0 Å².